The van der Waals surface area contributed by atoms with Crippen LogP contribution in [0.4, 0.5) is 0 Å². The van der Waals surface area contributed by atoms with Crippen molar-refractivity contribution in [3.05, 3.63) is 132 Å². The molecule has 0 heterocycles. The zero-order valence-electron chi connectivity index (χ0n) is 27.3. The van der Waals surface area contributed by atoms with Crippen molar-refractivity contribution >= 4 is 27.0 Å². The maximum atomic E-state index is 2.35. The van der Waals surface area contributed by atoms with E-state index in [4.69, 9.17) is 0 Å². The summed E-state index contributed by atoms with van der Waals surface area (Å²) in [6.45, 7) is 18.1. The molecule has 0 saturated carbocycles. The normalized spacial score (nSPS) is 10.7. The summed E-state index contributed by atoms with van der Waals surface area (Å²) in [5, 5.41) is 5.40. The molecule has 4 heteroatoms. The Labute approximate surface area is 293 Å². The average molecular weight is 715 g/mol. The number of aryl methyl sites for hydroxylation is 1. The first kappa shape index (κ1) is 38.0. The molecule has 0 atom stereocenters. The molecule has 0 spiro atoms. The summed E-state index contributed by atoms with van der Waals surface area (Å²) in [6, 6.07) is 41.9. The molecule has 0 aliphatic heterocycles. The maximum Gasteiger partial charge on any atom is -0.0279 e. The molecule has 0 saturated heterocycles. The minimum Gasteiger partial charge on any atom is -1.00 e. The van der Waals surface area contributed by atoms with Gasteiger partial charge in [0.15, 0.2) is 0 Å². The van der Waals surface area contributed by atoms with Crippen LogP contribution in [0.1, 0.15) is 57.2 Å². The van der Waals surface area contributed by atoms with E-state index < -0.39 is 0 Å². The van der Waals surface area contributed by atoms with Gasteiger partial charge in [0, 0.05) is 0 Å². The first-order valence-electron chi connectivity index (χ1n) is 15.0. The molecule has 44 heavy (non-hydrogen) atoms. The van der Waals surface area contributed by atoms with E-state index in [0.29, 0.717) is 5.92 Å². The Morgan fingerprint density at radius 3 is 1.61 bits per heavy atom. The maximum absolute atomic E-state index is 2.35. The molecule has 0 aromatic heterocycles. The molecule has 228 valence electrons. The summed E-state index contributed by atoms with van der Waals surface area (Å²) < 4.78 is 0. The van der Waals surface area contributed by atoms with E-state index in [1.807, 2.05) is 0 Å². The van der Waals surface area contributed by atoms with Crippen molar-refractivity contribution in [3.8, 4) is 22.3 Å². The van der Waals surface area contributed by atoms with Gasteiger partial charge in [-0.3, -0.25) is 0 Å². The molecule has 6 aromatic rings. The summed E-state index contributed by atoms with van der Waals surface area (Å²) in [6.07, 6.45) is 0. The Morgan fingerprint density at radius 2 is 1.11 bits per heavy atom. The van der Waals surface area contributed by atoms with Crippen LogP contribution >= 0.6 is 0 Å². The van der Waals surface area contributed by atoms with Gasteiger partial charge in [-0.15, -0.1) is 69.1 Å². The molecule has 0 amide bonds. The van der Waals surface area contributed by atoms with Gasteiger partial charge in [0.05, 0.1) is 0 Å². The molecule has 0 nitrogen and oxygen atoms in total. The van der Waals surface area contributed by atoms with Crippen molar-refractivity contribution in [2.45, 2.75) is 66.0 Å². The van der Waals surface area contributed by atoms with Crippen LogP contribution in [0.25, 0.3) is 43.8 Å². The summed E-state index contributed by atoms with van der Waals surface area (Å²) in [5.41, 5.74) is 9.81. The third-order valence-corrected chi connectivity index (χ3v) is 7.48. The van der Waals surface area contributed by atoms with Crippen molar-refractivity contribution in [1.29, 1.82) is 0 Å². The molecule has 6 aromatic carbocycles. The van der Waals surface area contributed by atoms with Crippen LogP contribution in [-0.4, -0.2) is 5.43 Å². The topological polar surface area (TPSA) is 0 Å². The number of halogens is 2. The number of hydrogen-bond donors (Lipinski definition) is 0. The van der Waals surface area contributed by atoms with E-state index in [2.05, 4.69) is 170 Å². The van der Waals surface area contributed by atoms with Crippen LogP contribution in [-0.2, 0) is 28.8 Å². The van der Waals surface area contributed by atoms with Crippen molar-refractivity contribution in [1.82, 2.24) is 0 Å². The second kappa shape index (κ2) is 16.9. The molecule has 0 bridgehead atoms. The fraction of sp³-hybridized carbons (Fsp3) is 0.250. The van der Waals surface area contributed by atoms with Gasteiger partial charge < -0.3 is 24.8 Å². The minimum absolute atomic E-state index is 0. The van der Waals surface area contributed by atoms with E-state index in [0.717, 1.165) is 0 Å². The first-order valence-corrected chi connectivity index (χ1v) is 21.2. The third kappa shape index (κ3) is 9.89. The van der Waals surface area contributed by atoms with Crippen molar-refractivity contribution in [2.75, 3.05) is 0 Å². The van der Waals surface area contributed by atoms with Crippen LogP contribution < -0.4 is 24.8 Å². The van der Waals surface area contributed by atoms with Crippen molar-refractivity contribution < 1.29 is 48.1 Å². The fourth-order valence-corrected chi connectivity index (χ4v) is 5.25. The van der Waals surface area contributed by atoms with Crippen molar-refractivity contribution in [2.24, 2.45) is 0 Å². The van der Waals surface area contributed by atoms with Crippen LogP contribution in [0.2, 0.25) is 13.1 Å². The molecule has 0 N–H and O–H groups in total. The largest absolute Gasteiger partial charge is 1.00 e. The van der Waals surface area contributed by atoms with Crippen molar-refractivity contribution in [3.63, 3.8) is 0 Å². The van der Waals surface area contributed by atoms with Gasteiger partial charge in [-0.2, -0.15) is 12.1 Å². The van der Waals surface area contributed by atoms with Gasteiger partial charge in [-0.25, -0.2) is 0 Å². The van der Waals surface area contributed by atoms with E-state index in [1.165, 1.54) is 60.5 Å². The number of hydrogen-bond acceptors (Lipinski definition) is 0. The van der Waals surface area contributed by atoms with E-state index in [-0.39, 0.29) is 35.7 Å². The Bertz CT molecular complexity index is 1760. The number of fused-ring (bicyclic) bond motifs is 2. The zero-order chi connectivity index (χ0) is 30.4. The monoisotopic (exact) mass is 712 g/mol. The minimum atomic E-state index is 0. The summed E-state index contributed by atoms with van der Waals surface area (Å²) in [7, 11) is 0. The Balaban J connectivity index is 0.000000271. The van der Waals surface area contributed by atoms with Crippen LogP contribution in [0.15, 0.2) is 115 Å². The van der Waals surface area contributed by atoms with Crippen LogP contribution in [0, 0.1) is 6.92 Å². The Hall–Kier alpha value is -2.22. The summed E-state index contributed by atoms with van der Waals surface area (Å²) in [4.78, 5) is 0. The Morgan fingerprint density at radius 1 is 0.636 bits per heavy atom. The first-order chi connectivity index (χ1) is 19.9. The fourth-order valence-electron chi connectivity index (χ4n) is 5.25. The van der Waals surface area contributed by atoms with Crippen LogP contribution in [0.3, 0.4) is 0 Å². The second-order valence-electron chi connectivity index (χ2n) is 12.8. The van der Waals surface area contributed by atoms with Gasteiger partial charge in [0.2, 0.25) is 0 Å². The van der Waals surface area contributed by atoms with Gasteiger partial charge in [-0.1, -0.05) is 119 Å². The smallest absolute Gasteiger partial charge is 0.0279 e. The standard InChI is InChI=1S/C22H25.C16H13.C2H6Si.2ClH.Zr/c1-15(2)18-13-17-7-6-8-20(21(17)14-18)16-9-11-19(12-10-16)22(3,4)5;1-12-10-14-8-5-9-15(16(14)11-12)13-6-3-2-4-7-13;1-3-2;;;/h6-15H,1-5H3;2-11H,1H3;1-2H3;2*1H;/q2*-1;;;;+2/p-2. The molecule has 0 unspecified atom stereocenters. The van der Waals surface area contributed by atoms with Crippen LogP contribution in [0.5, 0.6) is 0 Å². The quantitative estimate of drug-likeness (QED) is 0.157. The molecule has 6 rings (SSSR count). The third-order valence-electron chi connectivity index (χ3n) is 7.48. The van der Waals surface area contributed by atoms with E-state index in [1.54, 1.807) is 23.3 Å². The number of rotatable bonds is 3. The summed E-state index contributed by atoms with van der Waals surface area (Å²) >= 11 is 1.74. The van der Waals surface area contributed by atoms with E-state index >= 15 is 0 Å². The van der Waals surface area contributed by atoms with Gasteiger partial charge in [-0.05, 0) is 28.0 Å². The predicted octanol–water partition coefficient (Wildman–Crippen LogP) is 5.97. The predicted molar refractivity (Wildman–Crippen MR) is 185 cm³/mol. The van der Waals surface area contributed by atoms with E-state index in [9.17, 15) is 0 Å². The van der Waals surface area contributed by atoms with Gasteiger partial charge >= 0.3 is 41.9 Å². The molecular weight excluding hydrogens is 671 g/mol. The average Bonchev–Trinajstić information content (AvgIpc) is 3.56. The molecule has 0 aliphatic rings. The SMILES string of the molecule is CC(C)c1cc2c(-c3ccc(C(C)(C)C)cc3)cccc2[cH-]1.C[Si](C)=[Zr+2].Cc1cc2c(-c3ccccc3)cccc2[cH-]1.[Cl-].[Cl-]. The Kier molecular flexibility index (Phi) is 14.6. The van der Waals surface area contributed by atoms with Gasteiger partial charge in [0.25, 0.3) is 0 Å². The van der Waals surface area contributed by atoms with Gasteiger partial charge in [0.1, 0.15) is 0 Å². The molecular formula is C40H44Cl2SiZr-2. The molecule has 0 fully saturated rings. The zero-order valence-corrected chi connectivity index (χ0v) is 32.3. The molecule has 0 aliphatic carbocycles. The molecule has 0 radical (unpaired) electrons. The number of benzene rings is 4. The summed E-state index contributed by atoms with van der Waals surface area (Å²) in [5.74, 6) is 0.573. The second-order valence-corrected chi connectivity index (χ2v) is 22.2.